The van der Waals surface area contributed by atoms with Crippen LogP contribution < -0.4 is 20.7 Å². The van der Waals surface area contributed by atoms with E-state index in [1.807, 2.05) is 24.5 Å². The lowest BCUT2D eigenvalue weighted by Gasteiger charge is -2.23. The van der Waals surface area contributed by atoms with Crippen LogP contribution >= 0.6 is 11.6 Å². The van der Waals surface area contributed by atoms with Crippen molar-refractivity contribution in [3.63, 3.8) is 0 Å². The molecule has 0 radical (unpaired) electrons. The number of nitrogens with one attached hydrogen (secondary N) is 3. The number of carbonyl (C=O) groups is 1. The van der Waals surface area contributed by atoms with Gasteiger partial charge in [0.25, 0.3) is 0 Å². The fourth-order valence-electron chi connectivity index (χ4n) is 6.02. The molecule has 1 heterocycles. The number of benzene rings is 2. The number of hydrogen-bond donors (Lipinski definition) is 7. The maximum atomic E-state index is 12.1. The molecule has 0 unspecified atom stereocenters. The first-order chi connectivity index (χ1) is 23.2. The third kappa shape index (κ3) is 9.68. The Bertz CT molecular complexity index is 1500. The number of aliphatic hydroxyl groups excluding tert-OH is 4. The van der Waals surface area contributed by atoms with Gasteiger partial charge in [-0.25, -0.2) is 4.79 Å². The van der Waals surface area contributed by atoms with Gasteiger partial charge in [0.2, 0.25) is 0 Å². The summed E-state index contributed by atoms with van der Waals surface area (Å²) in [4.78, 5) is 16.6. The lowest BCUT2D eigenvalue weighted by Crippen LogP contribution is -2.47. The van der Waals surface area contributed by atoms with Crippen LogP contribution in [-0.2, 0) is 12.1 Å². The standard InChI is InChI=1S/C37H49ClN4O6/c1-24(6-4-5-17-40-36(47)41-23-33(45)35(46)32(44)14-19-43)25-9-12-31(38)26(20-25)21-42-37(15-16-37)30-22-39-18-13-28(30)29-7-2-3-8-34(29)48-27-10-11-27/h2-3,7-9,12-13,18,20,22,24,27,32-33,35,42-46H,4-6,10-11,14-17,19,21,23H2,1H3,(H2,40,41,47)/t24-,32-,33+,35+/m1/s1. The third-order valence-corrected chi connectivity index (χ3v) is 9.74. The minimum absolute atomic E-state index is 0.0582. The second-order valence-electron chi connectivity index (χ2n) is 13.2. The van der Waals surface area contributed by atoms with Crippen molar-refractivity contribution in [3.8, 4) is 16.9 Å². The molecule has 0 bridgehead atoms. The number of aromatic nitrogens is 1. The zero-order valence-corrected chi connectivity index (χ0v) is 28.3. The molecule has 2 aliphatic carbocycles. The molecule has 0 aliphatic heterocycles. The highest BCUT2D eigenvalue weighted by Gasteiger charge is 2.46. The minimum Gasteiger partial charge on any atom is -0.490 e. The first kappa shape index (κ1) is 36.0. The summed E-state index contributed by atoms with van der Waals surface area (Å²) in [5.74, 6) is 1.23. The van der Waals surface area contributed by atoms with E-state index in [1.54, 1.807) is 0 Å². The van der Waals surface area contributed by atoms with Crippen LogP contribution in [0.5, 0.6) is 5.75 Å². The molecule has 7 N–H and O–H groups in total. The quantitative estimate of drug-likeness (QED) is 0.0894. The van der Waals surface area contributed by atoms with E-state index >= 15 is 0 Å². The van der Waals surface area contributed by atoms with Crippen molar-refractivity contribution < 1.29 is 30.0 Å². The summed E-state index contributed by atoms with van der Waals surface area (Å²) in [5.41, 5.74) is 5.55. The Hall–Kier alpha value is -3.25. The van der Waals surface area contributed by atoms with Gasteiger partial charge in [0, 0.05) is 54.8 Å². The molecule has 2 fully saturated rings. The number of aliphatic hydroxyl groups is 4. The molecule has 2 amide bonds. The normalized spacial score (nSPS) is 17.6. The third-order valence-electron chi connectivity index (χ3n) is 9.37. The summed E-state index contributed by atoms with van der Waals surface area (Å²) in [6.45, 7) is 2.78. The number of amides is 2. The van der Waals surface area contributed by atoms with Crippen LogP contribution in [0.4, 0.5) is 4.79 Å². The van der Waals surface area contributed by atoms with Gasteiger partial charge in [-0.1, -0.05) is 55.3 Å². The highest BCUT2D eigenvalue weighted by molar-refractivity contribution is 6.31. The van der Waals surface area contributed by atoms with Crippen LogP contribution in [0.1, 0.15) is 80.9 Å². The van der Waals surface area contributed by atoms with E-state index in [4.69, 9.17) is 21.4 Å². The maximum absolute atomic E-state index is 12.1. The molecule has 11 heteroatoms. The van der Waals surface area contributed by atoms with Gasteiger partial charge in [-0.2, -0.15) is 0 Å². The highest BCUT2D eigenvalue weighted by Crippen LogP contribution is 2.50. The summed E-state index contributed by atoms with van der Waals surface area (Å²) in [6.07, 6.45) is 6.94. The fourth-order valence-corrected chi connectivity index (χ4v) is 6.20. The topological polar surface area (TPSA) is 156 Å². The van der Waals surface area contributed by atoms with E-state index in [1.165, 1.54) is 11.1 Å². The van der Waals surface area contributed by atoms with E-state index < -0.39 is 24.3 Å². The Morgan fingerprint density at radius 1 is 1.02 bits per heavy atom. The molecule has 260 valence electrons. The molecule has 10 nitrogen and oxygen atoms in total. The van der Waals surface area contributed by atoms with Gasteiger partial charge in [-0.3, -0.25) is 4.98 Å². The lowest BCUT2D eigenvalue weighted by atomic mass is 9.93. The number of urea groups is 1. The van der Waals surface area contributed by atoms with Crippen LogP contribution in [-0.4, -0.2) is 75.6 Å². The van der Waals surface area contributed by atoms with Crippen LogP contribution in [0, 0.1) is 0 Å². The molecule has 5 rings (SSSR count). The van der Waals surface area contributed by atoms with Crippen molar-refractivity contribution in [3.05, 3.63) is 82.6 Å². The van der Waals surface area contributed by atoms with Crippen LogP contribution in [0.15, 0.2) is 60.9 Å². The van der Waals surface area contributed by atoms with Crippen molar-refractivity contribution >= 4 is 17.6 Å². The van der Waals surface area contributed by atoms with Gasteiger partial charge < -0.3 is 41.1 Å². The van der Waals surface area contributed by atoms with Crippen molar-refractivity contribution in [2.45, 2.75) is 101 Å². The van der Waals surface area contributed by atoms with Gasteiger partial charge in [0.15, 0.2) is 0 Å². The number of pyridine rings is 1. The number of rotatable bonds is 19. The molecule has 1 aromatic heterocycles. The second-order valence-corrected chi connectivity index (χ2v) is 13.6. The summed E-state index contributed by atoms with van der Waals surface area (Å²) in [6, 6.07) is 16.2. The SMILES string of the molecule is C[C@H](CCCCNC(=O)NC[C@H](O)[C@@H](O)[C@H](O)CCO)c1ccc(Cl)c(CNC2(c3cnccc3-c3ccccc3OC3CC3)CC2)c1. The van der Waals surface area contributed by atoms with Crippen molar-refractivity contribution in [2.24, 2.45) is 0 Å². The first-order valence-corrected chi connectivity index (χ1v) is 17.5. The largest absolute Gasteiger partial charge is 0.490 e. The minimum atomic E-state index is -1.45. The molecule has 4 atom stereocenters. The Kier molecular flexibility index (Phi) is 12.7. The highest BCUT2D eigenvalue weighted by atomic mass is 35.5. The predicted molar refractivity (Wildman–Crippen MR) is 186 cm³/mol. The smallest absolute Gasteiger partial charge is 0.314 e. The molecule has 0 saturated heterocycles. The maximum Gasteiger partial charge on any atom is 0.314 e. The summed E-state index contributed by atoms with van der Waals surface area (Å²) < 4.78 is 6.26. The van der Waals surface area contributed by atoms with E-state index in [9.17, 15) is 20.1 Å². The van der Waals surface area contributed by atoms with Gasteiger partial charge in [-0.05, 0) is 91.3 Å². The number of ether oxygens (including phenoxy) is 1. The van der Waals surface area contributed by atoms with Gasteiger partial charge in [0.1, 0.15) is 11.9 Å². The van der Waals surface area contributed by atoms with E-state index in [0.717, 1.165) is 72.4 Å². The van der Waals surface area contributed by atoms with Crippen LogP contribution in [0.2, 0.25) is 5.02 Å². The number of carbonyl (C=O) groups excluding carboxylic acids is 1. The van der Waals surface area contributed by atoms with Crippen molar-refractivity contribution in [1.82, 2.24) is 20.9 Å². The summed E-state index contributed by atoms with van der Waals surface area (Å²) in [5, 5.41) is 48.1. The average Bonchev–Trinajstić information content (AvgIpc) is 4.04. The number of halogens is 1. The summed E-state index contributed by atoms with van der Waals surface area (Å²) >= 11 is 6.70. The van der Waals surface area contributed by atoms with Gasteiger partial charge >= 0.3 is 6.03 Å². The van der Waals surface area contributed by atoms with E-state index in [-0.39, 0.29) is 25.1 Å². The van der Waals surface area contributed by atoms with Crippen LogP contribution in [0.3, 0.4) is 0 Å². The molecule has 2 saturated carbocycles. The molecule has 48 heavy (non-hydrogen) atoms. The summed E-state index contributed by atoms with van der Waals surface area (Å²) in [7, 11) is 0. The van der Waals surface area contributed by atoms with Gasteiger partial charge in [0.05, 0.1) is 18.3 Å². The number of para-hydroxylation sites is 1. The van der Waals surface area contributed by atoms with Crippen molar-refractivity contribution in [2.75, 3.05) is 19.7 Å². The first-order valence-electron chi connectivity index (χ1n) is 17.1. The molecule has 2 aliphatic rings. The zero-order valence-electron chi connectivity index (χ0n) is 27.6. The number of nitrogens with zero attached hydrogens (tertiary/aromatic N) is 1. The molecule has 0 spiro atoms. The van der Waals surface area contributed by atoms with E-state index in [0.29, 0.717) is 25.1 Å². The Labute approximate surface area is 287 Å². The predicted octanol–water partition coefficient (Wildman–Crippen LogP) is 4.76. The molecular weight excluding hydrogens is 632 g/mol. The second kappa shape index (κ2) is 16.9. The molecule has 3 aromatic rings. The zero-order chi connectivity index (χ0) is 34.1. The molecule has 2 aromatic carbocycles. The molecular formula is C37H49ClN4O6. The monoisotopic (exact) mass is 680 g/mol. The number of hydrogen-bond acceptors (Lipinski definition) is 8. The van der Waals surface area contributed by atoms with Gasteiger partial charge in [-0.15, -0.1) is 0 Å². The Balaban J connectivity index is 1.10. The van der Waals surface area contributed by atoms with Crippen LogP contribution in [0.25, 0.3) is 11.1 Å². The Morgan fingerprint density at radius 2 is 1.81 bits per heavy atom. The van der Waals surface area contributed by atoms with Crippen molar-refractivity contribution in [1.29, 1.82) is 0 Å². The van der Waals surface area contributed by atoms with E-state index in [2.05, 4.69) is 64.3 Å². The number of unbranched alkanes of at least 4 members (excludes halogenated alkanes) is 1. The lowest BCUT2D eigenvalue weighted by molar-refractivity contribution is -0.0634. The Morgan fingerprint density at radius 3 is 2.56 bits per heavy atom. The fraction of sp³-hybridized carbons (Fsp3) is 0.514. The average molecular weight is 681 g/mol.